The molecule has 0 aliphatic carbocycles. The van der Waals surface area contributed by atoms with E-state index in [0.717, 1.165) is 11.3 Å². The van der Waals surface area contributed by atoms with Crippen molar-refractivity contribution in [3.63, 3.8) is 0 Å². The fraction of sp³-hybridized carbons (Fsp3) is 0.304. The van der Waals surface area contributed by atoms with E-state index < -0.39 is 15.7 Å². The lowest BCUT2D eigenvalue weighted by Gasteiger charge is -2.27. The van der Waals surface area contributed by atoms with E-state index >= 15 is 0 Å². The molecule has 32 heavy (non-hydrogen) atoms. The van der Waals surface area contributed by atoms with Crippen molar-refractivity contribution in [2.75, 3.05) is 43.6 Å². The number of nitrogens with zero attached hydrogens (tertiary/aromatic N) is 2. The average Bonchev–Trinajstić information content (AvgIpc) is 3.16. The predicted octanol–water partition coefficient (Wildman–Crippen LogP) is 2.19. The summed E-state index contributed by atoms with van der Waals surface area (Å²) < 4.78 is 32.0. The first kappa shape index (κ1) is 20.7. The van der Waals surface area contributed by atoms with Gasteiger partial charge in [0.1, 0.15) is 0 Å². The van der Waals surface area contributed by atoms with Crippen LogP contribution < -0.4 is 10.2 Å². The SMILES string of the molecule is CC1C(=O)N(C)c2cc(NC3=C(C(=O)N4CCOCC4)S(=O)(=O)c4ccccc43)ccc21. The van der Waals surface area contributed by atoms with Crippen LogP contribution in [0.5, 0.6) is 0 Å². The maximum atomic E-state index is 13.4. The number of hydrogen-bond donors (Lipinski definition) is 1. The normalized spacial score (nSPS) is 21.6. The van der Waals surface area contributed by atoms with Gasteiger partial charge in [-0.15, -0.1) is 0 Å². The molecule has 3 heterocycles. The maximum absolute atomic E-state index is 13.4. The zero-order valence-electron chi connectivity index (χ0n) is 17.8. The fourth-order valence-corrected chi connectivity index (χ4v) is 6.22. The summed E-state index contributed by atoms with van der Waals surface area (Å²) in [5.41, 5.74) is 3.01. The van der Waals surface area contributed by atoms with Crippen LogP contribution in [0.1, 0.15) is 24.0 Å². The molecule has 166 valence electrons. The smallest absolute Gasteiger partial charge is 0.268 e. The van der Waals surface area contributed by atoms with E-state index in [9.17, 15) is 18.0 Å². The van der Waals surface area contributed by atoms with E-state index in [1.807, 2.05) is 19.1 Å². The maximum Gasteiger partial charge on any atom is 0.268 e. The van der Waals surface area contributed by atoms with Crippen LogP contribution in [0.2, 0.25) is 0 Å². The number of fused-ring (bicyclic) bond motifs is 2. The molecule has 2 aromatic rings. The van der Waals surface area contributed by atoms with E-state index in [1.165, 1.54) is 11.0 Å². The van der Waals surface area contributed by atoms with Gasteiger partial charge in [-0.25, -0.2) is 8.42 Å². The van der Waals surface area contributed by atoms with Crippen molar-refractivity contribution >= 4 is 38.7 Å². The summed E-state index contributed by atoms with van der Waals surface area (Å²) in [5.74, 6) is -0.753. The monoisotopic (exact) mass is 453 g/mol. The topological polar surface area (TPSA) is 96.0 Å². The van der Waals surface area contributed by atoms with E-state index in [2.05, 4.69) is 5.32 Å². The number of morpholine rings is 1. The molecule has 3 aliphatic heterocycles. The third kappa shape index (κ3) is 3.03. The first-order valence-electron chi connectivity index (χ1n) is 10.4. The minimum absolute atomic E-state index is 0.00772. The number of likely N-dealkylation sites (N-methyl/N-ethyl adjacent to an activating group) is 1. The van der Waals surface area contributed by atoms with E-state index in [4.69, 9.17) is 4.74 Å². The molecule has 1 fully saturated rings. The molecule has 0 aromatic heterocycles. The van der Waals surface area contributed by atoms with Crippen molar-refractivity contribution in [1.29, 1.82) is 0 Å². The second kappa shape index (κ2) is 7.46. The highest BCUT2D eigenvalue weighted by molar-refractivity contribution is 7.97. The lowest BCUT2D eigenvalue weighted by molar-refractivity contribution is -0.130. The minimum atomic E-state index is -3.98. The van der Waals surface area contributed by atoms with Crippen molar-refractivity contribution in [3.05, 3.63) is 58.5 Å². The van der Waals surface area contributed by atoms with Gasteiger partial charge in [-0.05, 0) is 30.7 Å². The van der Waals surface area contributed by atoms with Crippen molar-refractivity contribution in [2.45, 2.75) is 17.7 Å². The molecule has 1 unspecified atom stereocenters. The Morgan fingerprint density at radius 1 is 1.12 bits per heavy atom. The first-order chi connectivity index (χ1) is 15.3. The quantitative estimate of drug-likeness (QED) is 0.766. The molecule has 5 rings (SSSR count). The Morgan fingerprint density at radius 3 is 2.59 bits per heavy atom. The number of sulfone groups is 1. The fourth-order valence-electron chi connectivity index (χ4n) is 4.49. The summed E-state index contributed by atoms with van der Waals surface area (Å²) in [4.78, 5) is 28.7. The number of hydrogen-bond acceptors (Lipinski definition) is 6. The molecular weight excluding hydrogens is 430 g/mol. The van der Waals surface area contributed by atoms with E-state index in [1.54, 1.807) is 36.2 Å². The van der Waals surface area contributed by atoms with Gasteiger partial charge in [0.25, 0.3) is 5.91 Å². The number of nitrogens with one attached hydrogen (secondary N) is 1. The van der Waals surface area contributed by atoms with Gasteiger partial charge in [-0.2, -0.15) is 0 Å². The molecule has 0 saturated carbocycles. The second-order valence-electron chi connectivity index (χ2n) is 8.13. The molecule has 3 aliphatic rings. The molecule has 8 nitrogen and oxygen atoms in total. The number of benzene rings is 2. The van der Waals surface area contributed by atoms with Crippen LogP contribution in [-0.4, -0.2) is 58.5 Å². The third-order valence-electron chi connectivity index (χ3n) is 6.26. The summed E-state index contributed by atoms with van der Waals surface area (Å²) >= 11 is 0. The Balaban J connectivity index is 1.61. The zero-order chi connectivity index (χ0) is 22.6. The van der Waals surface area contributed by atoms with Gasteiger partial charge in [-0.1, -0.05) is 24.3 Å². The van der Waals surface area contributed by atoms with Gasteiger partial charge >= 0.3 is 0 Å². The Kier molecular flexibility index (Phi) is 4.83. The number of anilines is 2. The van der Waals surface area contributed by atoms with Crippen LogP contribution in [0.4, 0.5) is 11.4 Å². The highest BCUT2D eigenvalue weighted by Crippen LogP contribution is 2.42. The minimum Gasteiger partial charge on any atom is -0.378 e. The van der Waals surface area contributed by atoms with Crippen LogP contribution in [0, 0.1) is 0 Å². The van der Waals surface area contributed by atoms with Crippen LogP contribution in [0.3, 0.4) is 0 Å². The molecular formula is C23H23N3O5S. The summed E-state index contributed by atoms with van der Waals surface area (Å²) in [6, 6.07) is 12.1. The summed E-state index contributed by atoms with van der Waals surface area (Å²) in [5, 5.41) is 3.19. The largest absolute Gasteiger partial charge is 0.378 e. The number of carbonyl (C=O) groups excluding carboxylic acids is 2. The molecule has 0 bridgehead atoms. The van der Waals surface area contributed by atoms with Gasteiger partial charge in [0.05, 0.1) is 29.7 Å². The Bertz CT molecular complexity index is 1280. The summed E-state index contributed by atoms with van der Waals surface area (Å²) in [6.45, 7) is 3.28. The van der Waals surface area contributed by atoms with Crippen molar-refractivity contribution < 1.29 is 22.7 Å². The molecule has 1 saturated heterocycles. The van der Waals surface area contributed by atoms with Crippen molar-refractivity contribution in [3.8, 4) is 0 Å². The summed E-state index contributed by atoms with van der Waals surface area (Å²) in [6.07, 6.45) is 0. The molecule has 1 N–H and O–H groups in total. The van der Waals surface area contributed by atoms with Crippen molar-refractivity contribution in [2.24, 2.45) is 0 Å². The number of carbonyl (C=O) groups is 2. The Morgan fingerprint density at radius 2 is 1.84 bits per heavy atom. The third-order valence-corrected chi connectivity index (χ3v) is 8.11. The van der Waals surface area contributed by atoms with Crippen LogP contribution in [0.15, 0.2) is 52.3 Å². The van der Waals surface area contributed by atoms with Crippen LogP contribution in [-0.2, 0) is 24.2 Å². The highest BCUT2D eigenvalue weighted by atomic mass is 32.2. The van der Waals surface area contributed by atoms with E-state index in [0.29, 0.717) is 37.6 Å². The standard InChI is InChI=1S/C23H23N3O5S/c1-14-16-8-7-15(13-18(16)25(2)22(14)27)24-20-17-5-3-4-6-19(17)32(29,30)21(20)23(28)26-9-11-31-12-10-26/h3-8,13-14,24H,9-12H2,1-2H3. The first-order valence-corrected chi connectivity index (χ1v) is 11.9. The molecule has 1 atom stereocenters. The Labute approximate surface area is 186 Å². The predicted molar refractivity (Wildman–Crippen MR) is 120 cm³/mol. The molecule has 2 amide bonds. The average molecular weight is 454 g/mol. The second-order valence-corrected chi connectivity index (χ2v) is 9.98. The van der Waals surface area contributed by atoms with Crippen LogP contribution in [0.25, 0.3) is 5.70 Å². The highest BCUT2D eigenvalue weighted by Gasteiger charge is 2.42. The zero-order valence-corrected chi connectivity index (χ0v) is 18.6. The Hall–Kier alpha value is -3.17. The van der Waals surface area contributed by atoms with Gasteiger partial charge in [-0.3, -0.25) is 9.59 Å². The molecule has 0 spiro atoms. The summed E-state index contributed by atoms with van der Waals surface area (Å²) in [7, 11) is -2.26. The molecule has 0 radical (unpaired) electrons. The van der Waals surface area contributed by atoms with Gasteiger partial charge in [0, 0.05) is 37.1 Å². The van der Waals surface area contributed by atoms with Gasteiger partial charge in [0.2, 0.25) is 15.7 Å². The van der Waals surface area contributed by atoms with Gasteiger partial charge < -0.3 is 19.9 Å². The lowest BCUT2D eigenvalue weighted by Crippen LogP contribution is -2.42. The molecule has 9 heteroatoms. The van der Waals surface area contributed by atoms with Crippen LogP contribution >= 0.6 is 0 Å². The van der Waals surface area contributed by atoms with Crippen molar-refractivity contribution in [1.82, 2.24) is 4.90 Å². The number of amides is 2. The van der Waals surface area contributed by atoms with Gasteiger partial charge in [0.15, 0.2) is 4.91 Å². The number of rotatable bonds is 3. The molecule has 2 aromatic carbocycles. The lowest BCUT2D eigenvalue weighted by atomic mass is 10.0. The number of ether oxygens (including phenoxy) is 1. The van der Waals surface area contributed by atoms with E-state index in [-0.39, 0.29) is 27.3 Å².